The Morgan fingerprint density at radius 1 is 1.20 bits per heavy atom. The summed E-state index contributed by atoms with van der Waals surface area (Å²) in [6, 6.07) is 9.92. The second-order valence-corrected chi connectivity index (χ2v) is 8.04. The Morgan fingerprint density at radius 3 is 2.77 bits per heavy atom. The zero-order chi connectivity index (χ0) is 21.0. The van der Waals surface area contributed by atoms with Gasteiger partial charge in [0, 0.05) is 36.1 Å². The number of carbonyl (C=O) groups excluding carboxylic acids is 1. The van der Waals surface area contributed by atoms with Crippen molar-refractivity contribution in [1.82, 2.24) is 15.7 Å². The monoisotopic (exact) mass is 408 g/mol. The predicted octanol–water partition coefficient (Wildman–Crippen LogP) is 2.96. The third-order valence-electron chi connectivity index (χ3n) is 6.37. The number of fused-ring (bicyclic) bond motifs is 1. The van der Waals surface area contributed by atoms with Crippen LogP contribution in [0.3, 0.4) is 0 Å². The molecule has 2 fully saturated rings. The van der Waals surface area contributed by atoms with Crippen molar-refractivity contribution in [3.63, 3.8) is 0 Å². The van der Waals surface area contributed by atoms with Crippen LogP contribution in [-0.4, -0.2) is 43.4 Å². The van der Waals surface area contributed by atoms with Gasteiger partial charge in [0.05, 0.1) is 14.2 Å². The summed E-state index contributed by atoms with van der Waals surface area (Å²) in [6.07, 6.45) is 8.13. The highest BCUT2D eigenvalue weighted by Gasteiger charge is 2.45. The zero-order valence-corrected chi connectivity index (χ0v) is 17.5. The van der Waals surface area contributed by atoms with E-state index in [1.165, 1.54) is 5.56 Å². The van der Waals surface area contributed by atoms with Crippen molar-refractivity contribution >= 4 is 11.6 Å². The van der Waals surface area contributed by atoms with Crippen LogP contribution < -0.4 is 20.2 Å². The van der Waals surface area contributed by atoms with E-state index < -0.39 is 0 Å². The van der Waals surface area contributed by atoms with E-state index in [2.05, 4.69) is 33.0 Å². The highest BCUT2D eigenvalue weighted by atomic mass is 16.5. The summed E-state index contributed by atoms with van der Waals surface area (Å²) in [5, 5.41) is 8.09. The van der Waals surface area contributed by atoms with Crippen LogP contribution in [0.1, 0.15) is 41.6 Å². The number of aromatic nitrogens is 1. The standard InChI is InChI=1S/C23H28N4O3/c1-29-19-4-3-16(13-20(19)30-2)15-23-8-5-18(14-21(23)25-12-9-23)26-27-22(28)17-6-10-24-11-7-17/h3-4,6-7,10-11,13,21,25H,5,8-9,12,14-15H2,1-2H3,(H,27,28)/t21-,23+/m0/s1. The fourth-order valence-electron chi connectivity index (χ4n) is 4.70. The molecule has 2 aromatic rings. The SMILES string of the molecule is COc1ccc(C[C@@]23CCN[C@H]2CC(=NNC(=O)c2ccncc2)CC3)cc1OC. The molecule has 7 nitrogen and oxygen atoms in total. The molecule has 1 saturated carbocycles. The molecule has 1 saturated heterocycles. The molecule has 1 aromatic carbocycles. The smallest absolute Gasteiger partial charge is 0.271 e. The Labute approximate surface area is 176 Å². The van der Waals surface area contributed by atoms with Gasteiger partial charge in [-0.15, -0.1) is 0 Å². The van der Waals surface area contributed by atoms with Gasteiger partial charge >= 0.3 is 0 Å². The lowest BCUT2D eigenvalue weighted by Gasteiger charge is -2.40. The van der Waals surface area contributed by atoms with Crippen LogP contribution in [0.15, 0.2) is 47.8 Å². The Kier molecular flexibility index (Phi) is 5.99. The molecule has 1 aliphatic heterocycles. The number of carbonyl (C=O) groups is 1. The lowest BCUT2D eigenvalue weighted by Crippen LogP contribution is -2.44. The van der Waals surface area contributed by atoms with Gasteiger partial charge < -0.3 is 14.8 Å². The van der Waals surface area contributed by atoms with Gasteiger partial charge in [-0.3, -0.25) is 9.78 Å². The number of nitrogens with one attached hydrogen (secondary N) is 2. The first-order chi connectivity index (χ1) is 14.6. The van der Waals surface area contributed by atoms with Crippen molar-refractivity contribution in [3.05, 3.63) is 53.9 Å². The molecule has 1 amide bonds. The highest BCUT2D eigenvalue weighted by molar-refractivity contribution is 5.95. The minimum absolute atomic E-state index is 0.202. The summed E-state index contributed by atoms with van der Waals surface area (Å²) in [5.74, 6) is 1.32. The van der Waals surface area contributed by atoms with Crippen molar-refractivity contribution in [3.8, 4) is 11.5 Å². The summed E-state index contributed by atoms with van der Waals surface area (Å²) in [7, 11) is 3.33. The van der Waals surface area contributed by atoms with E-state index in [0.717, 1.165) is 55.9 Å². The molecular weight excluding hydrogens is 380 g/mol. The maximum Gasteiger partial charge on any atom is 0.271 e. The third-order valence-corrected chi connectivity index (χ3v) is 6.37. The van der Waals surface area contributed by atoms with Crippen LogP contribution in [0.4, 0.5) is 0 Å². The number of nitrogens with zero attached hydrogens (tertiary/aromatic N) is 2. The average molecular weight is 409 g/mol. The molecule has 0 radical (unpaired) electrons. The van der Waals surface area contributed by atoms with Gasteiger partial charge in [-0.2, -0.15) is 5.10 Å². The van der Waals surface area contributed by atoms with Gasteiger partial charge in [-0.05, 0) is 67.5 Å². The molecule has 158 valence electrons. The van der Waals surface area contributed by atoms with E-state index in [-0.39, 0.29) is 11.3 Å². The maximum atomic E-state index is 12.2. The Hall–Kier alpha value is -2.93. The lowest BCUT2D eigenvalue weighted by atomic mass is 9.67. The van der Waals surface area contributed by atoms with E-state index >= 15 is 0 Å². The highest BCUT2D eigenvalue weighted by Crippen LogP contribution is 2.45. The zero-order valence-electron chi connectivity index (χ0n) is 17.5. The fourth-order valence-corrected chi connectivity index (χ4v) is 4.70. The van der Waals surface area contributed by atoms with Gasteiger partial charge in [0.15, 0.2) is 11.5 Å². The molecule has 0 unspecified atom stereocenters. The van der Waals surface area contributed by atoms with Gasteiger partial charge in [0.1, 0.15) is 0 Å². The molecular formula is C23H28N4O3. The maximum absolute atomic E-state index is 12.2. The number of benzene rings is 1. The van der Waals surface area contributed by atoms with Gasteiger partial charge in [-0.1, -0.05) is 6.07 Å². The molecule has 2 atom stereocenters. The van der Waals surface area contributed by atoms with E-state index in [1.54, 1.807) is 38.7 Å². The minimum atomic E-state index is -0.202. The van der Waals surface area contributed by atoms with E-state index in [4.69, 9.17) is 9.47 Å². The van der Waals surface area contributed by atoms with E-state index in [1.807, 2.05) is 6.07 Å². The van der Waals surface area contributed by atoms with Crippen LogP contribution >= 0.6 is 0 Å². The molecule has 1 aromatic heterocycles. The molecule has 4 rings (SSSR count). The Balaban J connectivity index is 1.44. The van der Waals surface area contributed by atoms with Crippen LogP contribution in [0.5, 0.6) is 11.5 Å². The van der Waals surface area contributed by atoms with Crippen molar-refractivity contribution in [1.29, 1.82) is 0 Å². The molecule has 1 aliphatic carbocycles. The second-order valence-electron chi connectivity index (χ2n) is 8.04. The van der Waals surface area contributed by atoms with E-state index in [9.17, 15) is 4.79 Å². The molecule has 30 heavy (non-hydrogen) atoms. The van der Waals surface area contributed by atoms with Crippen LogP contribution in [0, 0.1) is 5.41 Å². The van der Waals surface area contributed by atoms with Crippen LogP contribution in [0.25, 0.3) is 0 Å². The van der Waals surface area contributed by atoms with E-state index in [0.29, 0.717) is 11.6 Å². The normalized spacial score (nSPS) is 24.3. The van der Waals surface area contributed by atoms with Gasteiger partial charge in [0.25, 0.3) is 5.91 Å². The van der Waals surface area contributed by atoms with Gasteiger partial charge in [0.2, 0.25) is 0 Å². The van der Waals surface area contributed by atoms with Crippen molar-refractivity contribution in [2.24, 2.45) is 10.5 Å². The third kappa shape index (κ3) is 4.16. The number of rotatable bonds is 6. The van der Waals surface area contributed by atoms with Gasteiger partial charge in [-0.25, -0.2) is 5.43 Å². The number of pyridine rings is 1. The number of hydrazone groups is 1. The summed E-state index contributed by atoms with van der Waals surface area (Å²) in [4.78, 5) is 16.2. The Morgan fingerprint density at radius 2 is 2.00 bits per heavy atom. The molecule has 7 heteroatoms. The average Bonchev–Trinajstić information content (AvgIpc) is 3.20. The summed E-state index contributed by atoms with van der Waals surface area (Å²) in [6.45, 7) is 1.01. The van der Waals surface area contributed by atoms with Crippen molar-refractivity contribution in [2.45, 2.75) is 38.1 Å². The molecule has 2 aliphatic rings. The number of hydrogen-bond donors (Lipinski definition) is 2. The number of amides is 1. The molecule has 0 bridgehead atoms. The quantitative estimate of drug-likeness (QED) is 0.718. The van der Waals surface area contributed by atoms with Crippen molar-refractivity contribution < 1.29 is 14.3 Å². The minimum Gasteiger partial charge on any atom is -0.493 e. The first-order valence-corrected chi connectivity index (χ1v) is 10.3. The first-order valence-electron chi connectivity index (χ1n) is 10.3. The largest absolute Gasteiger partial charge is 0.493 e. The molecule has 2 N–H and O–H groups in total. The summed E-state index contributed by atoms with van der Waals surface area (Å²) >= 11 is 0. The lowest BCUT2D eigenvalue weighted by molar-refractivity contribution is 0.0954. The van der Waals surface area contributed by atoms with Crippen molar-refractivity contribution in [2.75, 3.05) is 20.8 Å². The number of ether oxygens (including phenoxy) is 2. The number of hydrogen-bond acceptors (Lipinski definition) is 6. The summed E-state index contributed by atoms with van der Waals surface area (Å²) in [5.41, 5.74) is 5.76. The van der Waals surface area contributed by atoms with Crippen LogP contribution in [0.2, 0.25) is 0 Å². The Bertz CT molecular complexity index is 931. The number of methoxy groups -OCH3 is 2. The predicted molar refractivity (Wildman–Crippen MR) is 115 cm³/mol. The molecule has 2 heterocycles. The fraction of sp³-hybridized carbons (Fsp3) is 0.435. The molecule has 0 spiro atoms. The van der Waals surface area contributed by atoms with Crippen LogP contribution in [-0.2, 0) is 6.42 Å². The first kappa shape index (κ1) is 20.3. The topological polar surface area (TPSA) is 84.8 Å². The second kappa shape index (κ2) is 8.83. The summed E-state index contributed by atoms with van der Waals surface area (Å²) < 4.78 is 10.8.